The van der Waals surface area contributed by atoms with Crippen molar-refractivity contribution in [2.75, 3.05) is 13.2 Å². The van der Waals surface area contributed by atoms with Gasteiger partial charge in [0.15, 0.2) is 0 Å². The lowest BCUT2D eigenvalue weighted by molar-refractivity contribution is 0.0116. The Morgan fingerprint density at radius 3 is 2.42 bits per heavy atom. The smallest absolute Gasteiger partial charge is 0.108 e. The van der Waals surface area contributed by atoms with Crippen LogP contribution in [0.2, 0.25) is 0 Å². The van der Waals surface area contributed by atoms with E-state index in [9.17, 15) is 0 Å². The van der Waals surface area contributed by atoms with Crippen LogP contribution in [0.1, 0.15) is 40.5 Å². The summed E-state index contributed by atoms with van der Waals surface area (Å²) in [5.74, 6) is 0.830. The van der Waals surface area contributed by atoms with Gasteiger partial charge >= 0.3 is 0 Å². The molecule has 1 aliphatic heterocycles. The molecule has 0 saturated carbocycles. The standard InChI is InChI=1S/C8H17NO.C2H6/c1-3-10-8-5-4-7(2)6-9-8;1-2/h7-9H,3-6H2,1-2H3;1-2H3. The Kier molecular flexibility index (Phi) is 7.51. The third-order valence-electron chi connectivity index (χ3n) is 1.98. The number of rotatable bonds is 2. The Bertz CT molecular complexity index is 87.8. The molecule has 2 unspecified atom stereocenters. The highest BCUT2D eigenvalue weighted by atomic mass is 16.5. The van der Waals surface area contributed by atoms with Crippen molar-refractivity contribution in [1.29, 1.82) is 0 Å². The molecule has 0 bridgehead atoms. The predicted molar refractivity (Wildman–Crippen MR) is 53.2 cm³/mol. The van der Waals surface area contributed by atoms with Crippen LogP contribution < -0.4 is 5.32 Å². The molecule has 1 rings (SSSR count). The van der Waals surface area contributed by atoms with E-state index in [1.54, 1.807) is 0 Å². The molecular weight excluding hydrogens is 150 g/mol. The van der Waals surface area contributed by atoms with Gasteiger partial charge in [-0.1, -0.05) is 20.8 Å². The normalized spacial score (nSPS) is 29.0. The van der Waals surface area contributed by atoms with Crippen molar-refractivity contribution in [3.63, 3.8) is 0 Å². The summed E-state index contributed by atoms with van der Waals surface area (Å²) >= 11 is 0. The van der Waals surface area contributed by atoms with Gasteiger partial charge in [-0.25, -0.2) is 0 Å². The van der Waals surface area contributed by atoms with E-state index in [1.807, 2.05) is 20.8 Å². The van der Waals surface area contributed by atoms with Crippen LogP contribution in [0, 0.1) is 5.92 Å². The summed E-state index contributed by atoms with van der Waals surface area (Å²) in [6.45, 7) is 10.3. The lowest BCUT2D eigenvalue weighted by Gasteiger charge is -2.27. The maximum atomic E-state index is 5.42. The third-order valence-corrected chi connectivity index (χ3v) is 1.98. The maximum absolute atomic E-state index is 5.42. The van der Waals surface area contributed by atoms with Gasteiger partial charge in [-0.3, -0.25) is 5.32 Å². The average molecular weight is 173 g/mol. The molecule has 2 nitrogen and oxygen atoms in total. The predicted octanol–water partition coefficient (Wildman–Crippen LogP) is 2.39. The van der Waals surface area contributed by atoms with Crippen molar-refractivity contribution in [3.8, 4) is 0 Å². The zero-order chi connectivity index (χ0) is 9.40. The second kappa shape index (κ2) is 7.56. The molecule has 2 heteroatoms. The highest BCUT2D eigenvalue weighted by molar-refractivity contribution is 4.68. The molecule has 0 spiro atoms. The van der Waals surface area contributed by atoms with Gasteiger partial charge in [-0.2, -0.15) is 0 Å². The monoisotopic (exact) mass is 173 g/mol. The Morgan fingerprint density at radius 2 is 2.00 bits per heavy atom. The Balaban J connectivity index is 0.000000561. The highest BCUT2D eigenvalue weighted by Gasteiger charge is 2.16. The molecular formula is C10H23NO. The van der Waals surface area contributed by atoms with E-state index in [1.165, 1.54) is 12.8 Å². The molecule has 0 aromatic carbocycles. The van der Waals surface area contributed by atoms with Crippen molar-refractivity contribution in [3.05, 3.63) is 0 Å². The Hall–Kier alpha value is -0.0800. The zero-order valence-corrected chi connectivity index (χ0v) is 8.89. The van der Waals surface area contributed by atoms with Gasteiger partial charge < -0.3 is 4.74 Å². The van der Waals surface area contributed by atoms with Gasteiger partial charge in [0.2, 0.25) is 0 Å². The largest absolute Gasteiger partial charge is 0.364 e. The van der Waals surface area contributed by atoms with Crippen molar-refractivity contribution in [1.82, 2.24) is 5.32 Å². The fraction of sp³-hybridized carbons (Fsp3) is 1.00. The van der Waals surface area contributed by atoms with Crippen molar-refractivity contribution >= 4 is 0 Å². The lowest BCUT2D eigenvalue weighted by atomic mass is 10.0. The minimum absolute atomic E-state index is 0.334. The minimum Gasteiger partial charge on any atom is -0.364 e. The molecule has 1 N–H and O–H groups in total. The molecule has 0 aromatic heterocycles. The number of hydrogen-bond donors (Lipinski definition) is 1. The molecule has 0 radical (unpaired) electrons. The maximum Gasteiger partial charge on any atom is 0.108 e. The van der Waals surface area contributed by atoms with Gasteiger partial charge in [-0.05, 0) is 25.7 Å². The first kappa shape index (κ1) is 11.9. The van der Waals surface area contributed by atoms with E-state index < -0.39 is 0 Å². The van der Waals surface area contributed by atoms with Crippen LogP contribution in [0.15, 0.2) is 0 Å². The van der Waals surface area contributed by atoms with Crippen molar-refractivity contribution in [2.24, 2.45) is 5.92 Å². The molecule has 0 amide bonds. The summed E-state index contributed by atoms with van der Waals surface area (Å²) < 4.78 is 5.42. The molecule has 1 heterocycles. The fourth-order valence-corrected chi connectivity index (χ4v) is 1.32. The average Bonchev–Trinajstić information content (AvgIpc) is 2.13. The van der Waals surface area contributed by atoms with E-state index >= 15 is 0 Å². The molecule has 1 fully saturated rings. The molecule has 2 atom stereocenters. The van der Waals surface area contributed by atoms with Crippen LogP contribution in [0.3, 0.4) is 0 Å². The van der Waals surface area contributed by atoms with Gasteiger partial charge in [0.05, 0.1) is 0 Å². The van der Waals surface area contributed by atoms with Crippen molar-refractivity contribution < 1.29 is 4.74 Å². The topological polar surface area (TPSA) is 21.3 Å². The minimum atomic E-state index is 0.334. The van der Waals surface area contributed by atoms with Crippen LogP contribution in [0.25, 0.3) is 0 Å². The summed E-state index contributed by atoms with van der Waals surface area (Å²) in [5.41, 5.74) is 0. The second-order valence-corrected chi connectivity index (χ2v) is 3.03. The number of ether oxygens (including phenoxy) is 1. The van der Waals surface area contributed by atoms with Gasteiger partial charge in [0, 0.05) is 13.2 Å². The van der Waals surface area contributed by atoms with Crippen LogP contribution in [0.4, 0.5) is 0 Å². The molecule has 0 aromatic rings. The first-order chi connectivity index (χ1) is 5.83. The molecule has 74 valence electrons. The van der Waals surface area contributed by atoms with Crippen molar-refractivity contribution in [2.45, 2.75) is 46.8 Å². The Morgan fingerprint density at radius 1 is 1.33 bits per heavy atom. The first-order valence-corrected chi connectivity index (χ1v) is 5.18. The number of hydrogen-bond acceptors (Lipinski definition) is 2. The molecule has 1 saturated heterocycles. The second-order valence-electron chi connectivity index (χ2n) is 3.03. The zero-order valence-electron chi connectivity index (χ0n) is 8.89. The first-order valence-electron chi connectivity index (χ1n) is 5.18. The van der Waals surface area contributed by atoms with Crippen LogP contribution in [-0.4, -0.2) is 19.4 Å². The SMILES string of the molecule is CC.CCOC1CCC(C)CN1. The van der Waals surface area contributed by atoms with E-state index in [-0.39, 0.29) is 0 Å². The van der Waals surface area contributed by atoms with Gasteiger partial charge in [0.25, 0.3) is 0 Å². The summed E-state index contributed by atoms with van der Waals surface area (Å²) in [5, 5.41) is 3.35. The summed E-state index contributed by atoms with van der Waals surface area (Å²) in [4.78, 5) is 0. The van der Waals surface area contributed by atoms with Crippen LogP contribution in [0.5, 0.6) is 0 Å². The van der Waals surface area contributed by atoms with Crippen LogP contribution >= 0.6 is 0 Å². The molecule has 0 aliphatic carbocycles. The van der Waals surface area contributed by atoms with Gasteiger partial charge in [-0.15, -0.1) is 0 Å². The highest BCUT2D eigenvalue weighted by Crippen LogP contribution is 2.13. The fourth-order valence-electron chi connectivity index (χ4n) is 1.32. The number of nitrogens with one attached hydrogen (secondary N) is 1. The van der Waals surface area contributed by atoms with Crippen LogP contribution in [-0.2, 0) is 4.74 Å². The molecule has 1 aliphatic rings. The van der Waals surface area contributed by atoms with E-state index in [2.05, 4.69) is 12.2 Å². The van der Waals surface area contributed by atoms with E-state index in [4.69, 9.17) is 4.74 Å². The summed E-state index contributed by atoms with van der Waals surface area (Å²) in [6, 6.07) is 0. The summed E-state index contributed by atoms with van der Waals surface area (Å²) in [6.07, 6.45) is 2.81. The summed E-state index contributed by atoms with van der Waals surface area (Å²) in [7, 11) is 0. The third kappa shape index (κ3) is 4.73. The quantitative estimate of drug-likeness (QED) is 0.692. The number of piperidine rings is 1. The molecule has 12 heavy (non-hydrogen) atoms. The van der Waals surface area contributed by atoms with E-state index in [0.717, 1.165) is 19.1 Å². The van der Waals surface area contributed by atoms with Gasteiger partial charge in [0.1, 0.15) is 6.23 Å². The van der Waals surface area contributed by atoms with E-state index in [0.29, 0.717) is 6.23 Å². The lowest BCUT2D eigenvalue weighted by Crippen LogP contribution is -2.39. The Labute approximate surface area is 76.7 Å².